The Bertz CT molecular complexity index is 1040. The largest absolute Gasteiger partial charge is 0.496 e. The zero-order chi connectivity index (χ0) is 22.0. The smallest absolute Gasteiger partial charge is 0.411 e. The molecule has 1 atom stereocenters. The highest BCUT2D eigenvalue weighted by molar-refractivity contribution is 5.92. The number of ether oxygens (including phenoxy) is 2. The molecule has 0 bridgehead atoms. The number of benzene rings is 2. The number of amides is 1. The van der Waals surface area contributed by atoms with Gasteiger partial charge in [0, 0.05) is 22.9 Å². The van der Waals surface area contributed by atoms with Crippen LogP contribution in [-0.2, 0) is 16.6 Å². The molecule has 1 saturated carbocycles. The van der Waals surface area contributed by atoms with Gasteiger partial charge in [0.15, 0.2) is 0 Å². The van der Waals surface area contributed by atoms with Crippen LogP contribution >= 0.6 is 0 Å². The molecule has 0 spiro atoms. The first-order chi connectivity index (χ1) is 14.9. The van der Waals surface area contributed by atoms with E-state index in [1.165, 1.54) is 7.11 Å². The van der Waals surface area contributed by atoms with Gasteiger partial charge in [-0.15, -0.1) is 0 Å². The maximum atomic E-state index is 12.3. The Labute approximate surface area is 181 Å². The first kappa shape index (κ1) is 20.9. The van der Waals surface area contributed by atoms with Crippen LogP contribution in [0.5, 0.6) is 5.75 Å². The van der Waals surface area contributed by atoms with Crippen LogP contribution in [0.15, 0.2) is 41.4 Å². The van der Waals surface area contributed by atoms with Gasteiger partial charge in [-0.05, 0) is 68.0 Å². The van der Waals surface area contributed by atoms with Crippen molar-refractivity contribution in [1.82, 2.24) is 0 Å². The summed E-state index contributed by atoms with van der Waals surface area (Å²) in [6, 6.07) is 10.5. The van der Waals surface area contributed by atoms with Crippen molar-refractivity contribution in [1.29, 1.82) is 0 Å². The lowest BCUT2D eigenvalue weighted by molar-refractivity contribution is 0.0695. The molecule has 0 saturated heterocycles. The number of hydrogen-bond donors (Lipinski definition) is 2. The number of aromatic carboxylic acids is 1. The number of fused-ring (bicyclic) bond motifs is 1. The van der Waals surface area contributed by atoms with Crippen LogP contribution in [0, 0.1) is 0 Å². The number of carboxylic acid groups (broad SMARTS) is 1. The minimum Gasteiger partial charge on any atom is -0.496 e. The molecule has 31 heavy (non-hydrogen) atoms. The highest BCUT2D eigenvalue weighted by Crippen LogP contribution is 2.42. The van der Waals surface area contributed by atoms with Crippen molar-refractivity contribution in [3.63, 3.8) is 0 Å². The minimum atomic E-state index is -1.00. The molecule has 1 heterocycles. The molecular formula is C24H26N2O5. The average molecular weight is 422 g/mol. The van der Waals surface area contributed by atoms with Gasteiger partial charge in [-0.25, -0.2) is 9.59 Å². The van der Waals surface area contributed by atoms with E-state index in [-0.39, 0.29) is 11.7 Å². The average Bonchev–Trinajstić information content (AvgIpc) is 3.36. The van der Waals surface area contributed by atoms with Crippen LogP contribution in [0.1, 0.15) is 54.1 Å². The molecule has 0 radical (unpaired) electrons. The van der Waals surface area contributed by atoms with Crippen LogP contribution in [0.4, 0.5) is 16.2 Å². The number of anilines is 1. The zero-order valence-electron chi connectivity index (χ0n) is 17.7. The molecule has 1 aliphatic heterocycles. The normalized spacial score (nSPS) is 19.8. The number of methoxy groups -OCH3 is 1. The third-order valence-corrected chi connectivity index (χ3v) is 6.05. The van der Waals surface area contributed by atoms with E-state index in [4.69, 9.17) is 9.47 Å². The van der Waals surface area contributed by atoms with Gasteiger partial charge in [0.2, 0.25) is 0 Å². The third kappa shape index (κ3) is 4.26. The Morgan fingerprint density at radius 3 is 2.71 bits per heavy atom. The number of carbonyl (C=O) groups excluding carboxylic acids is 1. The van der Waals surface area contributed by atoms with Crippen molar-refractivity contribution in [2.24, 2.45) is 4.99 Å². The Morgan fingerprint density at radius 2 is 2.00 bits per heavy atom. The number of carboxylic acids is 1. The van der Waals surface area contributed by atoms with Gasteiger partial charge in [-0.1, -0.05) is 13.0 Å². The van der Waals surface area contributed by atoms with E-state index in [1.807, 2.05) is 25.3 Å². The summed E-state index contributed by atoms with van der Waals surface area (Å²) in [5, 5.41) is 12.5. The van der Waals surface area contributed by atoms with Gasteiger partial charge in [0.05, 0.1) is 18.4 Å². The predicted octanol–water partition coefficient (Wildman–Crippen LogP) is 5.10. The molecule has 2 aromatic carbocycles. The summed E-state index contributed by atoms with van der Waals surface area (Å²) in [6.07, 6.45) is 5.76. The van der Waals surface area contributed by atoms with Crippen LogP contribution in [0.25, 0.3) is 0 Å². The summed E-state index contributed by atoms with van der Waals surface area (Å²) in [4.78, 5) is 28.6. The molecule has 2 N–H and O–H groups in total. The second-order valence-corrected chi connectivity index (χ2v) is 8.31. The maximum absolute atomic E-state index is 12.3. The van der Waals surface area contributed by atoms with Crippen LogP contribution in [0.2, 0.25) is 0 Å². The van der Waals surface area contributed by atoms with E-state index in [0.717, 1.165) is 36.9 Å². The standard InChI is InChI=1S/C24H26N2O5/c1-24(13-18-17(22(27)28)8-5-9-21(18)30-2)14-25-20-11-10-15(12-19(20)24)26-23(29)31-16-6-3-4-7-16/h5,8-12,14,16H,3-4,6-7,13H2,1-2H3,(H,26,29)(H,27,28). The summed E-state index contributed by atoms with van der Waals surface area (Å²) in [6.45, 7) is 2.00. The summed E-state index contributed by atoms with van der Waals surface area (Å²) in [5.74, 6) is -0.477. The fourth-order valence-electron chi connectivity index (χ4n) is 4.42. The topological polar surface area (TPSA) is 97.2 Å². The summed E-state index contributed by atoms with van der Waals surface area (Å²) in [7, 11) is 1.53. The molecule has 1 unspecified atom stereocenters. The molecular weight excluding hydrogens is 396 g/mol. The van der Waals surface area contributed by atoms with E-state index in [9.17, 15) is 14.7 Å². The highest BCUT2D eigenvalue weighted by Gasteiger charge is 2.34. The number of rotatable bonds is 6. The van der Waals surface area contributed by atoms with Gasteiger partial charge in [0.25, 0.3) is 0 Å². The molecule has 2 aliphatic rings. The third-order valence-electron chi connectivity index (χ3n) is 6.05. The quantitative estimate of drug-likeness (QED) is 0.675. The Morgan fingerprint density at radius 1 is 1.23 bits per heavy atom. The SMILES string of the molecule is COc1cccc(C(=O)O)c1CC1(C)C=Nc2ccc(NC(=O)OC3CCCC3)cc21. The molecule has 4 rings (SSSR count). The second-order valence-electron chi connectivity index (χ2n) is 8.31. The first-order valence-corrected chi connectivity index (χ1v) is 10.5. The molecule has 0 aromatic heterocycles. The zero-order valence-corrected chi connectivity index (χ0v) is 17.7. The van der Waals surface area contributed by atoms with Crippen molar-refractivity contribution < 1.29 is 24.2 Å². The van der Waals surface area contributed by atoms with Crippen LogP contribution in [0.3, 0.4) is 0 Å². The Kier molecular flexibility index (Phi) is 5.67. The van der Waals surface area contributed by atoms with Gasteiger partial charge in [0.1, 0.15) is 11.9 Å². The number of carbonyl (C=O) groups is 2. The molecule has 7 heteroatoms. The maximum Gasteiger partial charge on any atom is 0.411 e. The lowest BCUT2D eigenvalue weighted by atomic mass is 9.78. The van der Waals surface area contributed by atoms with E-state index in [2.05, 4.69) is 10.3 Å². The number of nitrogens with one attached hydrogen (secondary N) is 1. The Balaban J connectivity index is 1.59. The fraction of sp³-hybridized carbons (Fsp3) is 0.375. The van der Waals surface area contributed by atoms with Gasteiger partial charge in [-0.2, -0.15) is 0 Å². The van der Waals surface area contributed by atoms with Crippen molar-refractivity contribution in [3.05, 3.63) is 53.1 Å². The highest BCUT2D eigenvalue weighted by atomic mass is 16.6. The van der Waals surface area contributed by atoms with Crippen molar-refractivity contribution >= 4 is 29.7 Å². The number of hydrogen-bond acceptors (Lipinski definition) is 5. The summed E-state index contributed by atoms with van der Waals surface area (Å²) >= 11 is 0. The molecule has 2 aromatic rings. The van der Waals surface area contributed by atoms with Gasteiger partial charge >= 0.3 is 12.1 Å². The van der Waals surface area contributed by atoms with Crippen LogP contribution in [-0.4, -0.2) is 36.6 Å². The van der Waals surface area contributed by atoms with Crippen LogP contribution < -0.4 is 10.1 Å². The van der Waals surface area contributed by atoms with Gasteiger partial charge < -0.3 is 14.6 Å². The summed E-state index contributed by atoms with van der Waals surface area (Å²) in [5.41, 5.74) is 2.59. The molecule has 1 amide bonds. The van der Waals surface area contributed by atoms with E-state index in [0.29, 0.717) is 23.4 Å². The van der Waals surface area contributed by atoms with Crippen molar-refractivity contribution in [2.75, 3.05) is 12.4 Å². The van der Waals surface area contributed by atoms with Crippen molar-refractivity contribution in [3.8, 4) is 5.75 Å². The van der Waals surface area contributed by atoms with Crippen molar-refractivity contribution in [2.45, 2.75) is 50.5 Å². The lowest BCUT2D eigenvalue weighted by Crippen LogP contribution is -2.26. The van der Waals surface area contributed by atoms with E-state index >= 15 is 0 Å². The lowest BCUT2D eigenvalue weighted by Gasteiger charge is -2.25. The number of nitrogens with zero attached hydrogens (tertiary/aromatic N) is 1. The predicted molar refractivity (Wildman–Crippen MR) is 118 cm³/mol. The molecule has 162 valence electrons. The molecule has 1 fully saturated rings. The fourth-order valence-corrected chi connectivity index (χ4v) is 4.42. The molecule has 1 aliphatic carbocycles. The van der Waals surface area contributed by atoms with Gasteiger partial charge in [-0.3, -0.25) is 10.3 Å². The second kappa shape index (κ2) is 8.41. The minimum absolute atomic E-state index is 0.0111. The molecule has 7 nitrogen and oxygen atoms in total. The monoisotopic (exact) mass is 422 g/mol. The summed E-state index contributed by atoms with van der Waals surface area (Å²) < 4.78 is 10.9. The Hall–Kier alpha value is -3.35. The van der Waals surface area contributed by atoms with E-state index < -0.39 is 17.5 Å². The first-order valence-electron chi connectivity index (χ1n) is 10.5. The number of aliphatic imine (C=N–C) groups is 1. The van der Waals surface area contributed by atoms with E-state index in [1.54, 1.807) is 24.3 Å².